The molecule has 0 aromatic heterocycles. The highest BCUT2D eigenvalue weighted by atomic mass is 19.3. The number of ether oxygens (including phenoxy) is 1. The van der Waals surface area contributed by atoms with E-state index < -0.39 is 6.11 Å². The fourth-order valence-electron chi connectivity index (χ4n) is 1.45. The van der Waals surface area contributed by atoms with Crippen molar-refractivity contribution in [2.24, 2.45) is 5.11 Å². The summed E-state index contributed by atoms with van der Waals surface area (Å²) in [6, 6.07) is 6.26. The van der Waals surface area contributed by atoms with Gasteiger partial charge in [-0.2, -0.15) is 13.9 Å². The minimum atomic E-state index is -3.20. The van der Waals surface area contributed by atoms with Crippen molar-refractivity contribution in [2.75, 3.05) is 0 Å². The predicted molar refractivity (Wildman–Crippen MR) is 74.8 cm³/mol. The van der Waals surface area contributed by atoms with E-state index in [-0.39, 0.29) is 5.75 Å². The smallest absolute Gasteiger partial charge is 0.394 e. The van der Waals surface area contributed by atoms with Gasteiger partial charge in [-0.15, -0.1) is 0 Å². The van der Waals surface area contributed by atoms with Crippen LogP contribution in [0.15, 0.2) is 59.9 Å². The molecule has 0 aliphatic carbocycles. The lowest BCUT2D eigenvalue weighted by atomic mass is 10.1. The number of halogens is 2. The van der Waals surface area contributed by atoms with Crippen LogP contribution in [0.3, 0.4) is 0 Å². The molecule has 5 heteroatoms. The molecule has 0 aliphatic rings. The van der Waals surface area contributed by atoms with E-state index >= 15 is 0 Å². The van der Waals surface area contributed by atoms with Crippen molar-refractivity contribution in [3.05, 3.63) is 60.3 Å². The largest absolute Gasteiger partial charge is 0.433 e. The van der Waals surface area contributed by atoms with Gasteiger partial charge in [0.15, 0.2) is 0 Å². The Morgan fingerprint density at radius 3 is 2.35 bits per heavy atom. The van der Waals surface area contributed by atoms with Crippen molar-refractivity contribution >= 4 is 5.57 Å². The number of hydrogen-bond donors (Lipinski definition) is 1. The van der Waals surface area contributed by atoms with Crippen LogP contribution in [-0.4, -0.2) is 6.11 Å². The maximum absolute atomic E-state index is 12.7. The Labute approximate surface area is 116 Å². The summed E-state index contributed by atoms with van der Waals surface area (Å²) in [6.45, 7) is 6.08. The molecule has 0 amide bonds. The van der Waals surface area contributed by atoms with Crippen LogP contribution >= 0.6 is 0 Å². The fourth-order valence-corrected chi connectivity index (χ4v) is 1.45. The summed E-state index contributed by atoms with van der Waals surface area (Å²) < 4.78 is 29.8. The Bertz CT molecular complexity index is 540. The van der Waals surface area contributed by atoms with Gasteiger partial charge in [0.25, 0.3) is 0 Å². The average molecular weight is 278 g/mol. The quantitative estimate of drug-likeness (QED) is 0.565. The van der Waals surface area contributed by atoms with Crippen LogP contribution in [-0.2, 0) is 0 Å². The molecule has 1 aromatic carbocycles. The molecule has 106 valence electrons. The Morgan fingerprint density at radius 2 is 1.90 bits per heavy atom. The molecule has 0 saturated heterocycles. The third-order valence-electron chi connectivity index (χ3n) is 2.39. The van der Waals surface area contributed by atoms with Gasteiger partial charge in [0.1, 0.15) is 5.75 Å². The maximum atomic E-state index is 12.7. The third kappa shape index (κ3) is 5.14. The van der Waals surface area contributed by atoms with E-state index in [4.69, 9.17) is 5.53 Å². The normalized spacial score (nSPS) is 13.0. The van der Waals surface area contributed by atoms with Crippen molar-refractivity contribution in [1.29, 1.82) is 5.53 Å². The first-order valence-electron chi connectivity index (χ1n) is 5.91. The topological polar surface area (TPSA) is 45.4 Å². The second kappa shape index (κ2) is 6.75. The van der Waals surface area contributed by atoms with Crippen LogP contribution in [0.1, 0.15) is 19.4 Å². The second-order valence-corrected chi connectivity index (χ2v) is 4.18. The van der Waals surface area contributed by atoms with Crippen molar-refractivity contribution in [3.8, 4) is 5.75 Å². The van der Waals surface area contributed by atoms with E-state index in [2.05, 4.69) is 16.4 Å². The maximum Gasteiger partial charge on any atom is 0.394 e. The van der Waals surface area contributed by atoms with Gasteiger partial charge in [0.2, 0.25) is 0 Å². The molecule has 0 aliphatic heterocycles. The SMILES string of the molecule is C=C/C(=C\C=C(/C)N=N)c1ccc(OC(C)(F)F)cc1. The van der Waals surface area contributed by atoms with E-state index in [9.17, 15) is 8.78 Å². The summed E-state index contributed by atoms with van der Waals surface area (Å²) >= 11 is 0. The summed E-state index contributed by atoms with van der Waals surface area (Å²) in [4.78, 5) is 0. The highest BCUT2D eigenvalue weighted by Gasteiger charge is 2.22. The molecule has 1 N–H and O–H groups in total. The summed E-state index contributed by atoms with van der Waals surface area (Å²) in [7, 11) is 0. The third-order valence-corrected chi connectivity index (χ3v) is 2.39. The van der Waals surface area contributed by atoms with Crippen LogP contribution < -0.4 is 4.74 Å². The summed E-state index contributed by atoms with van der Waals surface area (Å²) in [6.07, 6.45) is 1.87. The van der Waals surface area contributed by atoms with Crippen LogP contribution in [0.2, 0.25) is 0 Å². The second-order valence-electron chi connectivity index (χ2n) is 4.18. The molecule has 0 unspecified atom stereocenters. The zero-order chi connectivity index (χ0) is 15.2. The fraction of sp³-hybridized carbons (Fsp3) is 0.200. The number of nitrogens with zero attached hydrogens (tertiary/aromatic N) is 1. The van der Waals surface area contributed by atoms with Crippen LogP contribution in [0.4, 0.5) is 8.78 Å². The van der Waals surface area contributed by atoms with Gasteiger partial charge >= 0.3 is 6.11 Å². The number of nitrogens with one attached hydrogen (secondary N) is 1. The van der Waals surface area contributed by atoms with Crippen LogP contribution in [0.25, 0.3) is 5.57 Å². The van der Waals surface area contributed by atoms with E-state index in [0.717, 1.165) is 11.1 Å². The Kier molecular flexibility index (Phi) is 5.32. The highest BCUT2D eigenvalue weighted by Crippen LogP contribution is 2.24. The van der Waals surface area contributed by atoms with E-state index in [1.54, 1.807) is 37.3 Å². The van der Waals surface area contributed by atoms with E-state index in [0.29, 0.717) is 12.6 Å². The molecular weight excluding hydrogens is 262 g/mol. The number of hydrogen-bond acceptors (Lipinski definition) is 3. The van der Waals surface area contributed by atoms with E-state index in [1.807, 2.05) is 0 Å². The molecule has 0 radical (unpaired) electrons. The molecule has 1 rings (SSSR count). The Morgan fingerprint density at radius 1 is 1.30 bits per heavy atom. The number of benzene rings is 1. The summed E-state index contributed by atoms with van der Waals surface area (Å²) in [5.74, 6) is 0.0949. The molecule has 1 aromatic rings. The lowest BCUT2D eigenvalue weighted by Crippen LogP contribution is -2.18. The monoisotopic (exact) mass is 278 g/mol. The molecule has 0 atom stereocenters. The standard InChI is InChI=1S/C15H16F2N2O/c1-4-12(6-5-11(2)19-18)13-7-9-14(10-8-13)20-15(3,16)17/h4-10,18H,1H2,2-3H3/b11-5+,12-6+,19-18?. The van der Waals surface area contributed by atoms with Crippen LogP contribution in [0.5, 0.6) is 5.75 Å². The first kappa shape index (κ1) is 15.8. The molecule has 0 heterocycles. The van der Waals surface area contributed by atoms with Gasteiger partial charge in [-0.05, 0) is 36.3 Å². The molecule has 0 bridgehead atoms. The summed E-state index contributed by atoms with van der Waals surface area (Å²) in [5, 5.41) is 3.27. The molecular formula is C15H16F2N2O. The van der Waals surface area contributed by atoms with Gasteiger partial charge in [-0.25, -0.2) is 5.53 Å². The molecule has 20 heavy (non-hydrogen) atoms. The molecule has 0 fully saturated rings. The minimum absolute atomic E-state index is 0.0949. The number of allylic oxidation sites excluding steroid dienone is 5. The first-order chi connectivity index (χ1) is 9.35. The van der Waals surface area contributed by atoms with Crippen LogP contribution in [0, 0.1) is 5.53 Å². The van der Waals surface area contributed by atoms with Crippen molar-refractivity contribution in [1.82, 2.24) is 0 Å². The molecule has 3 nitrogen and oxygen atoms in total. The van der Waals surface area contributed by atoms with Gasteiger partial charge in [-0.3, -0.25) is 0 Å². The molecule has 0 spiro atoms. The zero-order valence-corrected chi connectivity index (χ0v) is 11.4. The lowest BCUT2D eigenvalue weighted by molar-refractivity contribution is -0.158. The first-order valence-corrected chi connectivity index (χ1v) is 5.91. The van der Waals surface area contributed by atoms with Crippen molar-refractivity contribution < 1.29 is 13.5 Å². The number of rotatable bonds is 6. The van der Waals surface area contributed by atoms with E-state index in [1.165, 1.54) is 12.1 Å². The molecule has 0 saturated carbocycles. The zero-order valence-electron chi connectivity index (χ0n) is 11.4. The average Bonchev–Trinajstić information content (AvgIpc) is 2.39. The van der Waals surface area contributed by atoms with Crippen molar-refractivity contribution in [3.63, 3.8) is 0 Å². The highest BCUT2D eigenvalue weighted by molar-refractivity contribution is 5.75. The van der Waals surface area contributed by atoms with Crippen molar-refractivity contribution in [2.45, 2.75) is 20.0 Å². The van der Waals surface area contributed by atoms with Gasteiger partial charge < -0.3 is 4.74 Å². The minimum Gasteiger partial charge on any atom is -0.433 e. The van der Waals surface area contributed by atoms with Gasteiger partial charge in [0.05, 0.1) is 5.70 Å². The number of alkyl halides is 2. The summed E-state index contributed by atoms with van der Waals surface area (Å²) in [5.41, 5.74) is 8.99. The van der Waals surface area contributed by atoms with Gasteiger partial charge in [0, 0.05) is 6.92 Å². The van der Waals surface area contributed by atoms with Gasteiger partial charge in [-0.1, -0.05) is 30.9 Å². The Balaban J connectivity index is 2.96. The lowest BCUT2D eigenvalue weighted by Gasteiger charge is -2.13. The predicted octanol–water partition coefficient (Wildman–Crippen LogP) is 5.18. The Hall–Kier alpha value is -2.30.